The number of nitrogens with zero attached hydrogens (tertiary/aromatic N) is 2. The summed E-state index contributed by atoms with van der Waals surface area (Å²) in [7, 11) is 1.39. The molecule has 6 heteroatoms. The van der Waals surface area contributed by atoms with Crippen LogP contribution < -0.4 is 5.32 Å². The van der Waals surface area contributed by atoms with Crippen molar-refractivity contribution in [1.82, 2.24) is 15.1 Å². The standard InChI is InChI=1S/C13H25N3O3/c1-4-14-11(2)9-12(17)16-7-5-15(6-8-16)10-13(18)19-3/h11,14H,4-10H2,1-3H3. The fourth-order valence-electron chi connectivity index (χ4n) is 2.21. The summed E-state index contributed by atoms with van der Waals surface area (Å²) in [6.07, 6.45) is 0.533. The Morgan fingerprint density at radius 3 is 2.42 bits per heavy atom. The van der Waals surface area contributed by atoms with Gasteiger partial charge in [0.15, 0.2) is 0 Å². The molecule has 1 heterocycles. The van der Waals surface area contributed by atoms with E-state index < -0.39 is 0 Å². The molecule has 0 spiro atoms. The van der Waals surface area contributed by atoms with Gasteiger partial charge in [0.1, 0.15) is 0 Å². The molecule has 1 rings (SSSR count). The zero-order valence-corrected chi connectivity index (χ0v) is 12.1. The molecule has 19 heavy (non-hydrogen) atoms. The number of hydrogen-bond donors (Lipinski definition) is 1. The smallest absolute Gasteiger partial charge is 0.319 e. The van der Waals surface area contributed by atoms with E-state index in [1.165, 1.54) is 7.11 Å². The summed E-state index contributed by atoms with van der Waals surface area (Å²) in [5, 5.41) is 3.24. The summed E-state index contributed by atoms with van der Waals surface area (Å²) in [5.74, 6) is -0.0355. The average molecular weight is 271 g/mol. The van der Waals surface area contributed by atoms with Crippen LogP contribution in [0.2, 0.25) is 0 Å². The van der Waals surface area contributed by atoms with E-state index in [1.54, 1.807) is 0 Å². The van der Waals surface area contributed by atoms with Gasteiger partial charge >= 0.3 is 5.97 Å². The maximum atomic E-state index is 12.0. The van der Waals surface area contributed by atoms with Crippen LogP contribution in [0.5, 0.6) is 0 Å². The third-order valence-corrected chi connectivity index (χ3v) is 3.34. The molecule has 1 atom stereocenters. The van der Waals surface area contributed by atoms with Gasteiger partial charge in [0.2, 0.25) is 5.91 Å². The van der Waals surface area contributed by atoms with Gasteiger partial charge in [-0.05, 0) is 13.5 Å². The molecular formula is C13H25N3O3. The molecule has 0 saturated carbocycles. The minimum atomic E-state index is -0.222. The van der Waals surface area contributed by atoms with Crippen molar-refractivity contribution in [2.75, 3.05) is 46.4 Å². The number of methoxy groups -OCH3 is 1. The van der Waals surface area contributed by atoms with E-state index in [0.29, 0.717) is 26.1 Å². The molecule has 1 amide bonds. The Hall–Kier alpha value is -1.14. The molecule has 0 aliphatic carbocycles. The SMILES string of the molecule is CCNC(C)CC(=O)N1CCN(CC(=O)OC)CC1. The van der Waals surface area contributed by atoms with Gasteiger partial charge in [-0.15, -0.1) is 0 Å². The van der Waals surface area contributed by atoms with E-state index in [4.69, 9.17) is 0 Å². The lowest BCUT2D eigenvalue weighted by molar-refractivity contribution is -0.142. The van der Waals surface area contributed by atoms with E-state index >= 15 is 0 Å². The maximum absolute atomic E-state index is 12.0. The maximum Gasteiger partial charge on any atom is 0.319 e. The summed E-state index contributed by atoms with van der Waals surface area (Å²) >= 11 is 0. The second-order valence-corrected chi connectivity index (χ2v) is 4.90. The largest absolute Gasteiger partial charge is 0.468 e. The average Bonchev–Trinajstić information content (AvgIpc) is 2.39. The second-order valence-electron chi connectivity index (χ2n) is 4.90. The Balaban J connectivity index is 2.29. The number of nitrogens with one attached hydrogen (secondary N) is 1. The molecule has 0 aromatic carbocycles. The highest BCUT2D eigenvalue weighted by Gasteiger charge is 2.23. The number of esters is 1. The molecule has 6 nitrogen and oxygen atoms in total. The number of hydrogen-bond acceptors (Lipinski definition) is 5. The molecule has 1 fully saturated rings. The molecule has 1 aliphatic rings. The van der Waals surface area contributed by atoms with Crippen molar-refractivity contribution in [2.24, 2.45) is 0 Å². The third-order valence-electron chi connectivity index (χ3n) is 3.34. The van der Waals surface area contributed by atoms with Crippen LogP contribution in [-0.4, -0.2) is 74.1 Å². The number of carbonyl (C=O) groups is 2. The Morgan fingerprint density at radius 1 is 1.26 bits per heavy atom. The van der Waals surface area contributed by atoms with Crippen molar-refractivity contribution in [3.05, 3.63) is 0 Å². The fourth-order valence-corrected chi connectivity index (χ4v) is 2.21. The minimum Gasteiger partial charge on any atom is -0.468 e. The van der Waals surface area contributed by atoms with E-state index in [2.05, 4.69) is 10.1 Å². The monoisotopic (exact) mass is 271 g/mol. The highest BCUT2D eigenvalue weighted by atomic mass is 16.5. The van der Waals surface area contributed by atoms with Gasteiger partial charge in [0.05, 0.1) is 13.7 Å². The van der Waals surface area contributed by atoms with Crippen molar-refractivity contribution in [3.63, 3.8) is 0 Å². The van der Waals surface area contributed by atoms with Gasteiger partial charge < -0.3 is 15.0 Å². The first-order valence-corrected chi connectivity index (χ1v) is 6.87. The zero-order chi connectivity index (χ0) is 14.3. The highest BCUT2D eigenvalue weighted by Crippen LogP contribution is 2.05. The number of rotatable bonds is 6. The van der Waals surface area contributed by atoms with Crippen molar-refractivity contribution >= 4 is 11.9 Å². The van der Waals surface area contributed by atoms with Crippen LogP contribution in [0.4, 0.5) is 0 Å². The Labute approximate surface area is 115 Å². The fraction of sp³-hybridized carbons (Fsp3) is 0.846. The van der Waals surface area contributed by atoms with Crippen molar-refractivity contribution in [2.45, 2.75) is 26.3 Å². The quantitative estimate of drug-likeness (QED) is 0.672. The number of carbonyl (C=O) groups excluding carboxylic acids is 2. The summed E-state index contributed by atoms with van der Waals surface area (Å²) in [6.45, 7) is 8.09. The Bertz CT molecular complexity index is 302. The van der Waals surface area contributed by atoms with Crippen LogP contribution in [0, 0.1) is 0 Å². The first-order chi connectivity index (χ1) is 9.06. The van der Waals surface area contributed by atoms with Crippen molar-refractivity contribution < 1.29 is 14.3 Å². The lowest BCUT2D eigenvalue weighted by atomic mass is 10.2. The molecule has 1 aliphatic heterocycles. The van der Waals surface area contributed by atoms with E-state index in [9.17, 15) is 9.59 Å². The van der Waals surface area contributed by atoms with Crippen LogP contribution in [0.25, 0.3) is 0 Å². The molecule has 0 aromatic heterocycles. The molecule has 1 saturated heterocycles. The van der Waals surface area contributed by atoms with Crippen LogP contribution >= 0.6 is 0 Å². The van der Waals surface area contributed by atoms with Gasteiger partial charge in [0.25, 0.3) is 0 Å². The lowest BCUT2D eigenvalue weighted by Gasteiger charge is -2.34. The van der Waals surface area contributed by atoms with Crippen molar-refractivity contribution in [3.8, 4) is 0 Å². The van der Waals surface area contributed by atoms with Crippen LogP contribution in [0.3, 0.4) is 0 Å². The van der Waals surface area contributed by atoms with Crippen LogP contribution in [-0.2, 0) is 14.3 Å². The summed E-state index contributed by atoms with van der Waals surface area (Å²) in [4.78, 5) is 27.1. The van der Waals surface area contributed by atoms with Crippen LogP contribution in [0.1, 0.15) is 20.3 Å². The summed E-state index contributed by atoms with van der Waals surface area (Å²) in [6, 6.07) is 0.214. The lowest BCUT2D eigenvalue weighted by Crippen LogP contribution is -2.50. The van der Waals surface area contributed by atoms with Crippen LogP contribution in [0.15, 0.2) is 0 Å². The molecule has 1 N–H and O–H groups in total. The molecule has 0 aromatic rings. The van der Waals surface area contributed by atoms with E-state index in [1.807, 2.05) is 23.6 Å². The first-order valence-electron chi connectivity index (χ1n) is 6.87. The molecule has 0 radical (unpaired) electrons. The highest BCUT2D eigenvalue weighted by molar-refractivity contribution is 5.77. The first kappa shape index (κ1) is 15.9. The number of amides is 1. The Kier molecular flexibility index (Phi) is 6.80. The molecule has 110 valence electrons. The topological polar surface area (TPSA) is 61.9 Å². The predicted molar refractivity (Wildman–Crippen MR) is 72.8 cm³/mol. The van der Waals surface area contributed by atoms with Gasteiger partial charge in [-0.3, -0.25) is 14.5 Å². The van der Waals surface area contributed by atoms with E-state index in [0.717, 1.165) is 19.6 Å². The van der Waals surface area contributed by atoms with Crippen molar-refractivity contribution in [1.29, 1.82) is 0 Å². The third kappa shape index (κ3) is 5.57. The minimum absolute atomic E-state index is 0.186. The van der Waals surface area contributed by atoms with Gasteiger partial charge in [-0.2, -0.15) is 0 Å². The molecular weight excluding hydrogens is 246 g/mol. The van der Waals surface area contributed by atoms with E-state index in [-0.39, 0.29) is 17.9 Å². The molecule has 1 unspecified atom stereocenters. The predicted octanol–water partition coefficient (Wildman–Crippen LogP) is -0.308. The summed E-state index contributed by atoms with van der Waals surface area (Å²) < 4.78 is 4.64. The Morgan fingerprint density at radius 2 is 1.89 bits per heavy atom. The second kappa shape index (κ2) is 8.12. The van der Waals surface area contributed by atoms with Gasteiger partial charge in [-0.1, -0.05) is 6.92 Å². The number of piperazine rings is 1. The molecule has 0 bridgehead atoms. The summed E-state index contributed by atoms with van der Waals surface area (Å²) in [5.41, 5.74) is 0. The van der Waals surface area contributed by atoms with Gasteiger partial charge in [-0.25, -0.2) is 0 Å². The normalized spacial score (nSPS) is 18.2. The zero-order valence-electron chi connectivity index (χ0n) is 12.1. The van der Waals surface area contributed by atoms with Gasteiger partial charge in [0, 0.05) is 38.6 Å². The number of ether oxygens (including phenoxy) is 1.